The Kier molecular flexibility index (Phi) is 5.93. The zero-order chi connectivity index (χ0) is 19.4. The number of carbonyl (C=O) groups is 1. The number of amidine groups is 1. The highest BCUT2D eigenvalue weighted by Crippen LogP contribution is 2.37. The normalized spacial score (nSPS) is 16.6. The van der Waals surface area contributed by atoms with Crippen molar-refractivity contribution in [3.8, 4) is 17.2 Å². The lowest BCUT2D eigenvalue weighted by Crippen LogP contribution is -2.19. The molecule has 3 rings (SSSR count). The van der Waals surface area contributed by atoms with Crippen molar-refractivity contribution in [2.45, 2.75) is 6.92 Å². The van der Waals surface area contributed by atoms with E-state index >= 15 is 0 Å². The largest absolute Gasteiger partial charge is 0.504 e. The molecule has 1 fully saturated rings. The minimum absolute atomic E-state index is 0.0836. The van der Waals surface area contributed by atoms with Gasteiger partial charge in [-0.15, -0.1) is 0 Å². The number of aliphatic imine (C=N–C) groups is 1. The number of hydrogen-bond donors (Lipinski definition) is 2. The lowest BCUT2D eigenvalue weighted by molar-refractivity contribution is -0.115. The van der Waals surface area contributed by atoms with E-state index in [-0.39, 0.29) is 17.4 Å². The average molecular weight is 405 g/mol. The minimum atomic E-state index is -0.303. The molecule has 2 aromatic carbocycles. The maximum Gasteiger partial charge on any atom is 0.264 e. The van der Waals surface area contributed by atoms with Crippen LogP contribution < -0.4 is 14.8 Å². The summed E-state index contributed by atoms with van der Waals surface area (Å²) in [5.74, 6) is 0.610. The Morgan fingerprint density at radius 2 is 2.04 bits per heavy atom. The summed E-state index contributed by atoms with van der Waals surface area (Å²) in [5.41, 5.74) is 1.08. The van der Waals surface area contributed by atoms with E-state index in [9.17, 15) is 9.90 Å². The Bertz CT molecular complexity index is 926. The van der Waals surface area contributed by atoms with Crippen molar-refractivity contribution in [2.24, 2.45) is 4.99 Å². The summed E-state index contributed by atoms with van der Waals surface area (Å²) in [6.45, 7) is 2.51. The molecule has 0 saturated carbocycles. The van der Waals surface area contributed by atoms with Crippen molar-refractivity contribution in [1.29, 1.82) is 0 Å². The molecule has 2 aromatic rings. The van der Waals surface area contributed by atoms with Crippen LogP contribution in [-0.2, 0) is 4.79 Å². The zero-order valence-corrected chi connectivity index (χ0v) is 16.2. The number of methoxy groups -OCH3 is 1. The van der Waals surface area contributed by atoms with E-state index < -0.39 is 0 Å². The van der Waals surface area contributed by atoms with E-state index in [4.69, 9.17) is 21.1 Å². The Labute approximate surface area is 165 Å². The summed E-state index contributed by atoms with van der Waals surface area (Å²) >= 11 is 7.21. The molecule has 0 atom stereocenters. The third-order valence-corrected chi connectivity index (χ3v) is 4.73. The van der Waals surface area contributed by atoms with Crippen molar-refractivity contribution in [3.63, 3.8) is 0 Å². The molecule has 2 N–H and O–H groups in total. The Morgan fingerprint density at radius 1 is 1.30 bits per heavy atom. The van der Waals surface area contributed by atoms with Gasteiger partial charge in [0.1, 0.15) is 5.75 Å². The highest BCUT2D eigenvalue weighted by molar-refractivity contribution is 8.18. The number of amides is 1. The standard InChI is InChI=1S/C19H17ClN2O4S/c1-3-26-14-6-4-13(5-7-14)21-19-22-18(24)16(27-19)9-11-8-12(20)10-15(25-2)17(11)23/h4-10,23H,3H2,1-2H3,(H,21,22,24)/b16-9+. The Morgan fingerprint density at radius 3 is 2.70 bits per heavy atom. The van der Waals surface area contributed by atoms with E-state index in [1.165, 1.54) is 24.9 Å². The predicted molar refractivity (Wildman–Crippen MR) is 108 cm³/mol. The second-order valence-corrected chi connectivity index (χ2v) is 6.92. The van der Waals surface area contributed by atoms with Crippen LogP contribution in [0.5, 0.6) is 17.2 Å². The van der Waals surface area contributed by atoms with Crippen molar-refractivity contribution in [2.75, 3.05) is 13.7 Å². The first kappa shape index (κ1) is 19.1. The summed E-state index contributed by atoms with van der Waals surface area (Å²) in [6, 6.07) is 10.3. The summed E-state index contributed by atoms with van der Waals surface area (Å²) in [7, 11) is 1.43. The van der Waals surface area contributed by atoms with Gasteiger partial charge in [0.25, 0.3) is 5.91 Å². The van der Waals surface area contributed by atoms with E-state index in [1.54, 1.807) is 24.3 Å². The van der Waals surface area contributed by atoms with E-state index in [0.717, 1.165) is 5.75 Å². The number of hydrogen-bond acceptors (Lipinski definition) is 6. The van der Waals surface area contributed by atoms with Gasteiger partial charge in [-0.05, 0) is 55.1 Å². The van der Waals surface area contributed by atoms with Gasteiger partial charge in [-0.2, -0.15) is 0 Å². The highest BCUT2D eigenvalue weighted by Gasteiger charge is 2.24. The van der Waals surface area contributed by atoms with Crippen LogP contribution in [0.25, 0.3) is 6.08 Å². The molecule has 0 spiro atoms. The van der Waals surface area contributed by atoms with Crippen LogP contribution in [-0.4, -0.2) is 29.9 Å². The summed E-state index contributed by atoms with van der Waals surface area (Å²) < 4.78 is 10.5. The van der Waals surface area contributed by atoms with E-state index in [0.29, 0.717) is 33.0 Å². The first-order valence-electron chi connectivity index (χ1n) is 8.09. The van der Waals surface area contributed by atoms with Crippen molar-refractivity contribution in [1.82, 2.24) is 5.32 Å². The molecule has 1 saturated heterocycles. The molecule has 1 aliphatic rings. The fourth-order valence-corrected chi connectivity index (χ4v) is 3.43. The first-order valence-corrected chi connectivity index (χ1v) is 9.28. The maximum absolute atomic E-state index is 12.2. The molecule has 6 nitrogen and oxygen atoms in total. The highest BCUT2D eigenvalue weighted by atomic mass is 35.5. The molecule has 8 heteroatoms. The number of nitrogens with one attached hydrogen (secondary N) is 1. The molecule has 1 amide bonds. The van der Waals surface area contributed by atoms with Crippen LogP contribution in [0, 0.1) is 0 Å². The lowest BCUT2D eigenvalue weighted by Gasteiger charge is -2.07. The van der Waals surface area contributed by atoms with Crippen LogP contribution in [0.3, 0.4) is 0 Å². The number of phenolic OH excluding ortho intramolecular Hbond substituents is 1. The van der Waals surface area contributed by atoms with Crippen LogP contribution in [0.15, 0.2) is 46.3 Å². The molecule has 1 heterocycles. The fraction of sp³-hybridized carbons (Fsp3) is 0.158. The number of nitrogens with zero attached hydrogens (tertiary/aromatic N) is 1. The molecular formula is C19H17ClN2O4S. The monoisotopic (exact) mass is 404 g/mol. The number of rotatable bonds is 5. The Hall–Kier alpha value is -2.64. The number of carbonyl (C=O) groups excluding carboxylic acids is 1. The number of aromatic hydroxyl groups is 1. The first-order chi connectivity index (χ1) is 13.0. The quantitative estimate of drug-likeness (QED) is 0.724. The van der Waals surface area contributed by atoms with Crippen molar-refractivity contribution in [3.05, 3.63) is 51.9 Å². The predicted octanol–water partition coefficient (Wildman–Crippen LogP) is 4.34. The molecule has 0 radical (unpaired) electrons. The number of halogens is 1. The third kappa shape index (κ3) is 4.56. The topological polar surface area (TPSA) is 80.2 Å². The molecular weight excluding hydrogens is 388 g/mol. The third-order valence-electron chi connectivity index (χ3n) is 3.60. The molecule has 1 aliphatic heterocycles. The van der Waals surface area contributed by atoms with Gasteiger partial charge in [0.05, 0.1) is 24.3 Å². The molecule has 0 bridgehead atoms. The molecule has 27 heavy (non-hydrogen) atoms. The fourth-order valence-electron chi connectivity index (χ4n) is 2.38. The lowest BCUT2D eigenvalue weighted by atomic mass is 10.1. The van der Waals surface area contributed by atoms with Gasteiger partial charge >= 0.3 is 0 Å². The SMILES string of the molecule is CCOc1ccc(N=C2NC(=O)/C(=C\c3cc(Cl)cc(OC)c3O)S2)cc1. The average Bonchev–Trinajstić information content (AvgIpc) is 2.98. The van der Waals surface area contributed by atoms with Gasteiger partial charge in [-0.1, -0.05) is 11.6 Å². The van der Waals surface area contributed by atoms with Crippen molar-refractivity contribution >= 4 is 46.2 Å². The number of benzene rings is 2. The molecule has 0 unspecified atom stereocenters. The van der Waals surface area contributed by atoms with E-state index in [2.05, 4.69) is 10.3 Å². The molecule has 0 aliphatic carbocycles. The molecule has 0 aromatic heterocycles. The second kappa shape index (κ2) is 8.37. The van der Waals surface area contributed by atoms with Crippen LogP contribution >= 0.6 is 23.4 Å². The summed E-state index contributed by atoms with van der Waals surface area (Å²) in [4.78, 5) is 17.0. The van der Waals surface area contributed by atoms with Crippen molar-refractivity contribution < 1.29 is 19.4 Å². The van der Waals surface area contributed by atoms with Crippen LogP contribution in [0.4, 0.5) is 5.69 Å². The second-order valence-electron chi connectivity index (χ2n) is 5.45. The smallest absolute Gasteiger partial charge is 0.264 e. The van der Waals surface area contributed by atoms with Gasteiger partial charge in [0.15, 0.2) is 16.7 Å². The number of phenols is 1. The van der Waals surface area contributed by atoms with Gasteiger partial charge in [-0.25, -0.2) is 4.99 Å². The summed E-state index contributed by atoms with van der Waals surface area (Å²) in [5, 5.41) is 13.8. The van der Waals surface area contributed by atoms with Gasteiger partial charge in [0, 0.05) is 16.7 Å². The summed E-state index contributed by atoms with van der Waals surface area (Å²) in [6.07, 6.45) is 1.55. The van der Waals surface area contributed by atoms with E-state index in [1.807, 2.05) is 19.1 Å². The Balaban J connectivity index is 1.83. The zero-order valence-electron chi connectivity index (χ0n) is 14.7. The van der Waals surface area contributed by atoms with Gasteiger partial charge in [-0.3, -0.25) is 4.79 Å². The van der Waals surface area contributed by atoms with Gasteiger partial charge < -0.3 is 19.9 Å². The number of thioether (sulfide) groups is 1. The molecule has 140 valence electrons. The van der Waals surface area contributed by atoms with Crippen LogP contribution in [0.2, 0.25) is 5.02 Å². The van der Waals surface area contributed by atoms with Gasteiger partial charge in [0.2, 0.25) is 0 Å². The van der Waals surface area contributed by atoms with Crippen LogP contribution in [0.1, 0.15) is 12.5 Å². The minimum Gasteiger partial charge on any atom is -0.504 e. The maximum atomic E-state index is 12.2. The number of ether oxygens (including phenoxy) is 2.